The van der Waals surface area contributed by atoms with Gasteiger partial charge in [-0.1, -0.05) is 60.1 Å². The quantitative estimate of drug-likeness (QED) is 0.119. The highest BCUT2D eigenvalue weighted by Crippen LogP contribution is 2.76. The van der Waals surface area contributed by atoms with Crippen LogP contribution in [-0.2, 0) is 28.9 Å². The second-order valence-electron chi connectivity index (χ2n) is 22.0. The van der Waals surface area contributed by atoms with Gasteiger partial charge in [-0.05, 0) is 144 Å². The van der Waals surface area contributed by atoms with Crippen LogP contribution in [-0.4, -0.2) is 80.2 Å². The fourth-order valence-electron chi connectivity index (χ4n) is 15.3. The van der Waals surface area contributed by atoms with Gasteiger partial charge in [0.1, 0.15) is 6.10 Å². The molecule has 2 heterocycles. The molecule has 7 aliphatic rings. The number of nitrogens with zero attached hydrogens (tertiary/aromatic N) is 1. The zero-order valence-electron chi connectivity index (χ0n) is 36.1. The molecule has 2 saturated heterocycles. The number of ether oxygens (including phenoxy) is 2. The van der Waals surface area contributed by atoms with Gasteiger partial charge >= 0.3 is 11.9 Å². The van der Waals surface area contributed by atoms with Crippen molar-refractivity contribution in [2.24, 2.45) is 56.7 Å². The smallest absolute Gasteiger partial charge is 0.312 e. The Hall–Kier alpha value is -1.45. The van der Waals surface area contributed by atoms with Gasteiger partial charge in [0.15, 0.2) is 9.84 Å². The number of carbonyl (C=O) groups excluding carboxylic acids is 2. The molecule has 5 aliphatic carbocycles. The van der Waals surface area contributed by atoms with Crippen molar-refractivity contribution < 1.29 is 27.5 Å². The lowest BCUT2D eigenvalue weighted by molar-refractivity contribution is -0.246. The van der Waals surface area contributed by atoms with E-state index in [0.717, 1.165) is 51.6 Å². The van der Waals surface area contributed by atoms with E-state index in [1.807, 2.05) is 0 Å². The van der Waals surface area contributed by atoms with Crippen LogP contribution in [0.4, 0.5) is 0 Å². The second kappa shape index (κ2) is 14.4. The number of fused-ring (bicyclic) bond motifs is 9. The molecule has 5 saturated carbocycles. The maximum absolute atomic E-state index is 13.5. The Morgan fingerprint density at radius 2 is 1.67 bits per heavy atom. The molecule has 12 atom stereocenters. The average Bonchev–Trinajstić information content (AvgIpc) is 3.77. The van der Waals surface area contributed by atoms with Gasteiger partial charge in [-0.2, -0.15) is 0 Å². The fraction of sp³-hybridized carbons (Fsp3) is 0.913. The fourth-order valence-corrected chi connectivity index (χ4v) is 17.4. The number of nitrogens with one attached hydrogen (secondary N) is 1. The monoisotopic (exact) mass is 785 g/mol. The molecule has 0 aromatic rings. The SMILES string of the molecule is C=C(C)[C@@H]1CC[C@]2(NCCN3C[C@@H]4CC3CS4(=O)=O)CC[C@]3(C)[C@H](CC[C@@H]4[C@@]5(C)CC[C@H](OC(=O)CC(C)(C)C(=O)OCCCC)C(C)(C)[C@@H]5CC[C@]43C)[C@@H]12. The highest BCUT2D eigenvalue weighted by atomic mass is 32.2. The molecule has 312 valence electrons. The third-order valence-corrected chi connectivity index (χ3v) is 20.7. The van der Waals surface area contributed by atoms with Gasteiger partial charge in [0.05, 0.1) is 29.4 Å². The number of hydrogen-bond acceptors (Lipinski definition) is 8. The number of sulfone groups is 1. The van der Waals surface area contributed by atoms with Gasteiger partial charge in [0.2, 0.25) is 0 Å². The molecule has 7 fully saturated rings. The number of hydrogen-bond donors (Lipinski definition) is 1. The van der Waals surface area contributed by atoms with E-state index >= 15 is 0 Å². The molecule has 0 aromatic carbocycles. The largest absolute Gasteiger partial charge is 0.465 e. The summed E-state index contributed by atoms with van der Waals surface area (Å²) in [6, 6.07) is 0.211. The van der Waals surface area contributed by atoms with Crippen LogP contribution in [0.15, 0.2) is 12.2 Å². The van der Waals surface area contributed by atoms with E-state index < -0.39 is 15.3 Å². The van der Waals surface area contributed by atoms with E-state index in [2.05, 4.69) is 65.3 Å². The van der Waals surface area contributed by atoms with Crippen LogP contribution < -0.4 is 5.32 Å². The van der Waals surface area contributed by atoms with Crippen LogP contribution >= 0.6 is 0 Å². The van der Waals surface area contributed by atoms with Gasteiger partial charge in [-0.3, -0.25) is 14.5 Å². The lowest BCUT2D eigenvalue weighted by Crippen LogP contribution is -2.69. The normalized spacial score (nSPS) is 44.2. The lowest BCUT2D eigenvalue weighted by Gasteiger charge is -2.73. The third-order valence-electron chi connectivity index (χ3n) is 18.4. The number of rotatable bonds is 12. The number of esters is 2. The third kappa shape index (κ3) is 6.70. The molecule has 1 N–H and O–H groups in total. The summed E-state index contributed by atoms with van der Waals surface area (Å²) in [4.78, 5) is 28.8. The molecular weight excluding hydrogens is 709 g/mol. The predicted octanol–water partition coefficient (Wildman–Crippen LogP) is 8.53. The summed E-state index contributed by atoms with van der Waals surface area (Å²) < 4.78 is 36.7. The van der Waals surface area contributed by atoms with E-state index in [9.17, 15) is 18.0 Å². The summed E-state index contributed by atoms with van der Waals surface area (Å²) in [5.41, 5.74) is 1.07. The van der Waals surface area contributed by atoms with Crippen LogP contribution in [0.3, 0.4) is 0 Å². The standard InChI is InChI=1S/C46H76N2O6S/c1-11-12-25-53-40(50)41(4,5)27-38(49)54-37-17-18-43(8)35(42(37,6)7)16-19-45(10)36(43)14-13-34-39-33(30(2)3)15-20-46(39,22-21-44(34,45)9)47-23-24-48-28-32-26-31(48)29-55(32,51)52/h31-37,39,47H,2,11-29H2,1,3-10H3/t31?,32-,33-,34+,35-,36+,37-,39+,43-,44+,45+,46-/m0/s1. The summed E-state index contributed by atoms with van der Waals surface area (Å²) in [5, 5.41) is 4.09. The number of unbranched alkanes of at least 4 members (excludes halogenated alkanes) is 1. The molecule has 8 nitrogen and oxygen atoms in total. The molecule has 0 radical (unpaired) electrons. The first-order chi connectivity index (χ1) is 25.7. The Balaban J connectivity index is 1.05. The van der Waals surface area contributed by atoms with Gasteiger partial charge in [-0.25, -0.2) is 8.42 Å². The van der Waals surface area contributed by atoms with E-state index in [1.54, 1.807) is 13.8 Å². The summed E-state index contributed by atoms with van der Waals surface area (Å²) in [5.74, 6) is 2.62. The lowest BCUT2D eigenvalue weighted by atomic mass is 9.32. The van der Waals surface area contributed by atoms with Crippen LogP contribution in [0.1, 0.15) is 152 Å². The number of allylic oxidation sites excluding steroid dienone is 1. The summed E-state index contributed by atoms with van der Waals surface area (Å²) in [6.07, 6.45) is 14.3. The van der Waals surface area contributed by atoms with Gasteiger partial charge in [0, 0.05) is 36.6 Å². The predicted molar refractivity (Wildman–Crippen MR) is 219 cm³/mol. The maximum Gasteiger partial charge on any atom is 0.312 e. The molecule has 0 aromatic heterocycles. The first kappa shape index (κ1) is 41.7. The van der Waals surface area contributed by atoms with Crippen molar-refractivity contribution in [3.05, 3.63) is 12.2 Å². The second-order valence-corrected chi connectivity index (χ2v) is 24.3. The van der Waals surface area contributed by atoms with Crippen LogP contribution in [0.5, 0.6) is 0 Å². The average molecular weight is 785 g/mol. The van der Waals surface area contributed by atoms with Crippen LogP contribution in [0.2, 0.25) is 0 Å². The minimum atomic E-state index is -2.88. The zero-order valence-corrected chi connectivity index (χ0v) is 36.9. The van der Waals surface area contributed by atoms with Gasteiger partial charge in [0.25, 0.3) is 0 Å². The summed E-state index contributed by atoms with van der Waals surface area (Å²) in [6.45, 7) is 28.2. The molecule has 0 amide bonds. The van der Waals surface area contributed by atoms with Gasteiger partial charge in [-0.15, -0.1) is 0 Å². The first-order valence-corrected chi connectivity index (χ1v) is 24.1. The van der Waals surface area contributed by atoms with E-state index in [4.69, 9.17) is 9.47 Å². The molecule has 1 unspecified atom stereocenters. The molecule has 2 bridgehead atoms. The summed E-state index contributed by atoms with van der Waals surface area (Å²) >= 11 is 0. The Bertz CT molecular complexity index is 1620. The Labute approximate surface area is 334 Å². The van der Waals surface area contributed by atoms with Crippen molar-refractivity contribution >= 4 is 21.8 Å². The van der Waals surface area contributed by atoms with E-state index in [1.165, 1.54) is 50.5 Å². The minimum absolute atomic E-state index is 0.0408. The van der Waals surface area contributed by atoms with Crippen molar-refractivity contribution in [2.75, 3.05) is 32.0 Å². The molecule has 9 heteroatoms. The van der Waals surface area contributed by atoms with Gasteiger partial charge < -0.3 is 14.8 Å². The Morgan fingerprint density at radius 1 is 0.927 bits per heavy atom. The number of likely N-dealkylation sites (tertiary alicyclic amines) is 1. The molecule has 55 heavy (non-hydrogen) atoms. The van der Waals surface area contributed by atoms with Crippen molar-refractivity contribution in [1.29, 1.82) is 0 Å². The molecule has 0 spiro atoms. The topological polar surface area (TPSA) is 102 Å². The number of carbonyl (C=O) groups is 2. The first-order valence-electron chi connectivity index (χ1n) is 22.4. The zero-order chi connectivity index (χ0) is 40.0. The minimum Gasteiger partial charge on any atom is -0.465 e. The Kier molecular flexibility index (Phi) is 10.9. The Morgan fingerprint density at radius 3 is 2.33 bits per heavy atom. The van der Waals surface area contributed by atoms with Crippen molar-refractivity contribution in [3.8, 4) is 0 Å². The molecule has 7 rings (SSSR count). The highest BCUT2D eigenvalue weighted by molar-refractivity contribution is 7.92. The van der Waals surface area contributed by atoms with Crippen molar-refractivity contribution in [2.45, 2.75) is 175 Å². The highest BCUT2D eigenvalue weighted by Gasteiger charge is 2.71. The van der Waals surface area contributed by atoms with Crippen LogP contribution in [0.25, 0.3) is 0 Å². The maximum atomic E-state index is 13.5. The van der Waals surface area contributed by atoms with E-state index in [0.29, 0.717) is 48.5 Å². The van der Waals surface area contributed by atoms with E-state index in [-0.39, 0.29) is 63.0 Å². The summed E-state index contributed by atoms with van der Waals surface area (Å²) in [7, 11) is -2.88. The van der Waals surface area contributed by atoms with Crippen LogP contribution in [0, 0.1) is 56.7 Å². The van der Waals surface area contributed by atoms with Crippen molar-refractivity contribution in [3.63, 3.8) is 0 Å². The molecule has 2 aliphatic heterocycles. The van der Waals surface area contributed by atoms with Crippen molar-refractivity contribution in [1.82, 2.24) is 10.2 Å². The molecular formula is C46H76N2O6S.